The molecule has 7 unspecified atom stereocenters. The lowest BCUT2D eigenvalue weighted by Crippen LogP contribution is -2.67. The van der Waals surface area contributed by atoms with Crippen LogP contribution in [-0.4, -0.2) is 150 Å². The van der Waals surface area contributed by atoms with Gasteiger partial charge in [0.05, 0.1) is 34.5 Å². The zero-order valence-corrected chi connectivity index (χ0v) is 27.3. The predicted octanol–water partition coefficient (Wildman–Crippen LogP) is -1.31. The van der Waals surface area contributed by atoms with Crippen molar-refractivity contribution in [2.24, 2.45) is 0 Å². The number of nitrogens with one attached hydrogen (secondary N) is 1. The second-order valence-electron chi connectivity index (χ2n) is 11.6. The molecule has 0 bridgehead atoms. The van der Waals surface area contributed by atoms with Gasteiger partial charge in [-0.05, 0) is 25.0 Å². The third-order valence-corrected chi connectivity index (χ3v) is 8.32. The molecule has 274 valence electrons. The number of phenols is 1. The highest BCUT2D eigenvalue weighted by Crippen LogP contribution is 2.37. The fourth-order valence-electron chi connectivity index (χ4n) is 5.51. The lowest BCUT2D eigenvalue weighted by atomic mass is 9.95. The van der Waals surface area contributed by atoms with Crippen molar-refractivity contribution in [3.05, 3.63) is 17.7 Å². The van der Waals surface area contributed by atoms with E-state index in [1.807, 2.05) is 0 Å². The van der Waals surface area contributed by atoms with Gasteiger partial charge in [-0.15, -0.1) is 0 Å². The number of phenolic OH excluding ortho intramolecular Hbond substituents is 1. The summed E-state index contributed by atoms with van der Waals surface area (Å²) in [6.45, 7) is -1.26. The van der Waals surface area contributed by atoms with Crippen LogP contribution < -0.4 is 14.8 Å². The molecule has 0 aromatic heterocycles. The first-order valence-corrected chi connectivity index (χ1v) is 15.9. The molecule has 17 heteroatoms. The first-order chi connectivity index (χ1) is 23.0. The number of ether oxygens (including phenoxy) is 7. The first-order valence-electron chi connectivity index (χ1n) is 15.9. The summed E-state index contributed by atoms with van der Waals surface area (Å²) < 4.78 is 38.0. The topological polar surface area (TPSA) is 252 Å². The average Bonchev–Trinajstić information content (AvgIpc) is 3.09. The number of hydrogen-bond acceptors (Lipinski definition) is 16. The zero-order valence-electron chi connectivity index (χ0n) is 27.3. The quantitative estimate of drug-likeness (QED) is 0.0657. The van der Waals surface area contributed by atoms with Gasteiger partial charge in [-0.3, -0.25) is 9.59 Å². The molecule has 48 heavy (non-hydrogen) atoms. The van der Waals surface area contributed by atoms with Crippen LogP contribution in [0.1, 0.15) is 55.3 Å². The van der Waals surface area contributed by atoms with E-state index in [9.17, 15) is 45.3 Å². The Hall–Kier alpha value is -2.84. The number of esters is 1. The maximum Gasteiger partial charge on any atom is 0.305 e. The van der Waals surface area contributed by atoms with Crippen molar-refractivity contribution in [1.29, 1.82) is 0 Å². The Morgan fingerprint density at radius 1 is 0.771 bits per heavy atom. The van der Waals surface area contributed by atoms with Gasteiger partial charge in [0.15, 0.2) is 24.1 Å². The minimum Gasteiger partial charge on any atom is -0.502 e. The fraction of sp³-hybridized carbons (Fsp3) is 0.742. The number of carbonyl (C=O) groups is 2. The maximum atomic E-state index is 13.5. The molecule has 8 N–H and O–H groups in total. The van der Waals surface area contributed by atoms with Gasteiger partial charge in [-0.2, -0.15) is 0 Å². The van der Waals surface area contributed by atoms with Crippen molar-refractivity contribution < 1.29 is 78.5 Å². The van der Waals surface area contributed by atoms with Crippen LogP contribution in [0.4, 0.5) is 0 Å². The molecule has 1 amide bonds. The van der Waals surface area contributed by atoms with E-state index in [2.05, 4.69) is 10.1 Å². The van der Waals surface area contributed by atoms with Crippen LogP contribution in [0.5, 0.6) is 17.2 Å². The minimum absolute atomic E-state index is 0.0182. The van der Waals surface area contributed by atoms with E-state index in [-0.39, 0.29) is 35.4 Å². The number of methoxy groups -OCH3 is 3. The SMILES string of the molecule is COC(=O)CCCCCCCCO[C@@H]1OC(CO)[C@@H](OC2OC(CO)[C@H](O)C(O)C2O)C(O)C1NC(=O)c1cc(OC)c(O)c(OC)c1. The predicted molar refractivity (Wildman–Crippen MR) is 163 cm³/mol. The van der Waals surface area contributed by atoms with Crippen molar-refractivity contribution in [2.75, 3.05) is 41.2 Å². The number of rotatable bonds is 18. The molecule has 2 aliphatic heterocycles. The van der Waals surface area contributed by atoms with Crippen molar-refractivity contribution in [2.45, 2.75) is 106 Å². The van der Waals surface area contributed by atoms with E-state index in [0.29, 0.717) is 12.8 Å². The van der Waals surface area contributed by atoms with E-state index >= 15 is 0 Å². The van der Waals surface area contributed by atoms with Crippen molar-refractivity contribution in [1.82, 2.24) is 5.32 Å². The van der Waals surface area contributed by atoms with E-state index < -0.39 is 80.5 Å². The van der Waals surface area contributed by atoms with E-state index in [1.165, 1.54) is 33.5 Å². The Morgan fingerprint density at radius 2 is 1.35 bits per heavy atom. The Labute approximate surface area is 278 Å². The van der Waals surface area contributed by atoms with Crippen molar-refractivity contribution >= 4 is 11.9 Å². The summed E-state index contributed by atoms with van der Waals surface area (Å²) in [5.74, 6) is -1.44. The van der Waals surface area contributed by atoms with Gasteiger partial charge < -0.3 is 74.2 Å². The van der Waals surface area contributed by atoms with Crippen molar-refractivity contribution in [3.63, 3.8) is 0 Å². The molecule has 1 aromatic carbocycles. The second-order valence-corrected chi connectivity index (χ2v) is 11.6. The number of aromatic hydroxyl groups is 1. The molecule has 0 aliphatic carbocycles. The van der Waals surface area contributed by atoms with E-state index in [0.717, 1.165) is 32.1 Å². The largest absolute Gasteiger partial charge is 0.502 e. The molecule has 0 spiro atoms. The smallest absolute Gasteiger partial charge is 0.305 e. The molecule has 2 heterocycles. The highest BCUT2D eigenvalue weighted by molar-refractivity contribution is 5.95. The molecule has 2 saturated heterocycles. The Balaban J connectivity index is 1.75. The standard InChI is InChI=1S/C31H49NO16/c1-42-17-12-16(13-18(43-2)23(17)36)29(41)32-22-25(38)28(48-31-27(40)26(39)24(37)19(14-33)46-31)20(15-34)47-30(22)45-11-9-7-5-4-6-8-10-21(35)44-3/h12-13,19-20,22,24-28,30-31,33-34,36-40H,4-11,14-15H2,1-3H3,(H,32,41)/t19?,20?,22?,24-,25?,26?,27?,28+,30+,31?/m0/s1. The van der Waals surface area contributed by atoms with Crippen molar-refractivity contribution in [3.8, 4) is 17.2 Å². The zero-order chi connectivity index (χ0) is 35.4. The highest BCUT2D eigenvalue weighted by Gasteiger charge is 2.51. The minimum atomic E-state index is -1.81. The molecule has 10 atom stereocenters. The Morgan fingerprint density at radius 3 is 1.94 bits per heavy atom. The summed E-state index contributed by atoms with van der Waals surface area (Å²) in [5.41, 5.74) is -0.0182. The monoisotopic (exact) mass is 691 g/mol. The summed E-state index contributed by atoms with van der Waals surface area (Å²) in [4.78, 5) is 24.7. The first kappa shape index (κ1) is 39.6. The van der Waals surface area contributed by atoms with Crippen LogP contribution in [0.2, 0.25) is 0 Å². The number of hydrogen-bond donors (Lipinski definition) is 8. The molecule has 3 rings (SSSR count). The molecule has 17 nitrogen and oxygen atoms in total. The van der Waals surface area contributed by atoms with Gasteiger partial charge in [-0.1, -0.05) is 25.7 Å². The fourth-order valence-corrected chi connectivity index (χ4v) is 5.51. The van der Waals surface area contributed by atoms with Crippen LogP contribution >= 0.6 is 0 Å². The number of aliphatic hydroxyl groups excluding tert-OH is 6. The van der Waals surface area contributed by atoms with Gasteiger partial charge in [0.1, 0.15) is 48.8 Å². The van der Waals surface area contributed by atoms with Gasteiger partial charge in [0, 0.05) is 18.6 Å². The van der Waals surface area contributed by atoms with Crippen LogP contribution in [0.15, 0.2) is 12.1 Å². The third-order valence-electron chi connectivity index (χ3n) is 8.32. The summed E-state index contributed by atoms with van der Waals surface area (Å²) in [7, 11) is 3.93. The lowest BCUT2D eigenvalue weighted by molar-refractivity contribution is -0.348. The summed E-state index contributed by atoms with van der Waals surface area (Å²) >= 11 is 0. The van der Waals surface area contributed by atoms with E-state index in [4.69, 9.17) is 28.4 Å². The summed E-state index contributed by atoms with van der Waals surface area (Å²) in [6, 6.07) is 1.17. The normalized spacial score (nSPS) is 30.4. The van der Waals surface area contributed by atoms with Gasteiger partial charge in [-0.25, -0.2) is 0 Å². The van der Waals surface area contributed by atoms with E-state index in [1.54, 1.807) is 0 Å². The van der Waals surface area contributed by atoms with Crippen LogP contribution in [0, 0.1) is 0 Å². The van der Waals surface area contributed by atoms with Gasteiger partial charge >= 0.3 is 5.97 Å². The molecular formula is C31H49NO16. The van der Waals surface area contributed by atoms with Crippen LogP contribution in [-0.2, 0) is 28.5 Å². The third kappa shape index (κ3) is 10.1. The molecular weight excluding hydrogens is 642 g/mol. The average molecular weight is 692 g/mol. The molecule has 0 saturated carbocycles. The molecule has 1 aromatic rings. The van der Waals surface area contributed by atoms with Gasteiger partial charge in [0.25, 0.3) is 5.91 Å². The lowest BCUT2D eigenvalue weighted by Gasteiger charge is -2.47. The highest BCUT2D eigenvalue weighted by atomic mass is 16.7. The van der Waals surface area contributed by atoms with Gasteiger partial charge in [0.2, 0.25) is 5.75 Å². The second kappa shape index (κ2) is 19.4. The number of amides is 1. The van der Waals surface area contributed by atoms with Crippen LogP contribution in [0.25, 0.3) is 0 Å². The van der Waals surface area contributed by atoms with Crippen LogP contribution in [0.3, 0.4) is 0 Å². The molecule has 2 aliphatic rings. The molecule has 0 radical (unpaired) electrons. The number of aliphatic hydroxyl groups is 6. The Kier molecular flexibility index (Phi) is 16.0. The Bertz CT molecular complexity index is 1130. The number of unbranched alkanes of at least 4 members (excludes halogenated alkanes) is 5. The number of benzene rings is 1. The molecule has 2 fully saturated rings. The summed E-state index contributed by atoms with van der Waals surface area (Å²) in [5, 5.41) is 75.0. The summed E-state index contributed by atoms with van der Waals surface area (Å²) in [6.07, 6.45) is -8.81. The number of carbonyl (C=O) groups excluding carboxylic acids is 2. The maximum absolute atomic E-state index is 13.5.